The fourth-order valence-electron chi connectivity index (χ4n) is 2.94. The minimum Gasteiger partial charge on any atom is -0.344 e. The van der Waals surface area contributed by atoms with Gasteiger partial charge in [-0.1, -0.05) is 83.6 Å². The van der Waals surface area contributed by atoms with E-state index in [1.807, 2.05) is 6.20 Å². The molecule has 0 aromatic carbocycles. The maximum Gasteiger partial charge on any atom is 0.0404 e. The van der Waals surface area contributed by atoms with E-state index in [4.69, 9.17) is 0 Å². The van der Waals surface area contributed by atoms with Crippen LogP contribution in [-0.4, -0.2) is 4.98 Å². The van der Waals surface area contributed by atoms with Gasteiger partial charge in [0.1, 0.15) is 0 Å². The molecule has 23 heavy (non-hydrogen) atoms. The predicted molar refractivity (Wildman–Crippen MR) is 106 cm³/mol. The van der Waals surface area contributed by atoms with E-state index >= 15 is 0 Å². The zero-order valence-electron chi connectivity index (χ0n) is 15.5. The van der Waals surface area contributed by atoms with Gasteiger partial charge in [-0.3, -0.25) is 4.98 Å². The normalized spacial score (nSPS) is 10.0. The van der Waals surface area contributed by atoms with Gasteiger partial charge in [0.2, 0.25) is 0 Å². The van der Waals surface area contributed by atoms with Gasteiger partial charge in [-0.2, -0.15) is 0 Å². The van der Waals surface area contributed by atoms with E-state index < -0.39 is 0 Å². The maximum atomic E-state index is 4.35. The molecule has 0 aliphatic heterocycles. The highest BCUT2D eigenvalue weighted by Gasteiger charge is 1.98. The monoisotopic (exact) mass is 342 g/mol. The Morgan fingerprint density at radius 1 is 0.783 bits per heavy atom. The van der Waals surface area contributed by atoms with Gasteiger partial charge in [0.15, 0.2) is 0 Å². The molecule has 1 heterocycles. The lowest BCUT2D eigenvalue weighted by molar-refractivity contribution is 0.544. The Kier molecular flexibility index (Phi) is 19.0. The second-order valence-electron chi connectivity index (χ2n) is 6.39. The summed E-state index contributed by atoms with van der Waals surface area (Å²) in [5, 5.41) is 0. The highest BCUT2D eigenvalue weighted by Crippen LogP contribution is 2.14. The summed E-state index contributed by atoms with van der Waals surface area (Å²) in [6.07, 6.45) is 20.1. The third kappa shape index (κ3) is 13.5. The number of hydrogen-bond donors (Lipinski definition) is 1. The highest BCUT2D eigenvalue weighted by molar-refractivity contribution is 5.85. The average Bonchev–Trinajstić information content (AvgIpc) is 2.50. The lowest BCUT2D eigenvalue weighted by atomic mass is 10.0. The fourth-order valence-corrected chi connectivity index (χ4v) is 2.94. The van der Waals surface area contributed by atoms with Crippen molar-refractivity contribution in [2.45, 2.75) is 97.3 Å². The molecular formula is C20H39ClN2. The molecule has 0 aliphatic rings. The summed E-state index contributed by atoms with van der Waals surface area (Å²) < 4.78 is 0. The topological polar surface area (TPSA) is 47.9 Å². The summed E-state index contributed by atoms with van der Waals surface area (Å²) in [5.41, 5.74) is 2.64. The van der Waals surface area contributed by atoms with Gasteiger partial charge in [0, 0.05) is 11.9 Å². The van der Waals surface area contributed by atoms with Crippen molar-refractivity contribution in [1.29, 1.82) is 0 Å². The summed E-state index contributed by atoms with van der Waals surface area (Å²) in [6.45, 7) is 4.41. The third-order valence-corrected chi connectivity index (χ3v) is 4.42. The van der Waals surface area contributed by atoms with Gasteiger partial charge in [-0.05, 0) is 31.4 Å². The van der Waals surface area contributed by atoms with Gasteiger partial charge in [0.25, 0.3) is 0 Å². The van der Waals surface area contributed by atoms with Gasteiger partial charge in [-0.25, -0.2) is 0 Å². The number of aryl methyl sites for hydroxylation is 2. The summed E-state index contributed by atoms with van der Waals surface area (Å²) in [5.74, 6) is 0. The molecule has 0 unspecified atom stereocenters. The summed E-state index contributed by atoms with van der Waals surface area (Å²) >= 11 is 0. The minimum atomic E-state index is 0. The first-order valence-electron chi connectivity index (χ1n) is 9.25. The van der Waals surface area contributed by atoms with Crippen LogP contribution in [0.4, 0.5) is 0 Å². The van der Waals surface area contributed by atoms with E-state index in [-0.39, 0.29) is 18.6 Å². The Balaban J connectivity index is 0. The molecule has 2 nitrogen and oxygen atoms in total. The van der Waals surface area contributed by atoms with Crippen molar-refractivity contribution in [2.24, 2.45) is 0 Å². The molecule has 0 aliphatic carbocycles. The van der Waals surface area contributed by atoms with E-state index in [1.54, 1.807) is 0 Å². The van der Waals surface area contributed by atoms with Gasteiger partial charge < -0.3 is 6.15 Å². The van der Waals surface area contributed by atoms with Gasteiger partial charge in [0.05, 0.1) is 0 Å². The van der Waals surface area contributed by atoms with E-state index in [0.717, 1.165) is 0 Å². The van der Waals surface area contributed by atoms with Crippen LogP contribution in [0.5, 0.6) is 0 Å². The van der Waals surface area contributed by atoms with E-state index in [2.05, 4.69) is 31.0 Å². The molecule has 0 atom stereocenters. The smallest absolute Gasteiger partial charge is 0.0404 e. The second kappa shape index (κ2) is 17.7. The van der Waals surface area contributed by atoms with Crippen LogP contribution >= 0.6 is 12.4 Å². The molecule has 136 valence electrons. The Labute approximate surface area is 150 Å². The molecule has 0 amide bonds. The van der Waals surface area contributed by atoms with Crippen LogP contribution in [-0.2, 0) is 6.42 Å². The Morgan fingerprint density at radius 3 is 1.74 bits per heavy atom. The largest absolute Gasteiger partial charge is 0.344 e. The van der Waals surface area contributed by atoms with Crippen molar-refractivity contribution < 1.29 is 0 Å². The first kappa shape index (κ1) is 24.6. The summed E-state index contributed by atoms with van der Waals surface area (Å²) in [7, 11) is 0. The fraction of sp³-hybridized carbons (Fsp3) is 0.750. The minimum absolute atomic E-state index is 0. The summed E-state index contributed by atoms with van der Waals surface area (Å²) in [6, 6.07) is 4.28. The molecular weight excluding hydrogens is 304 g/mol. The van der Waals surface area contributed by atoms with E-state index in [1.165, 1.54) is 94.7 Å². The van der Waals surface area contributed by atoms with Crippen LogP contribution in [0.15, 0.2) is 18.3 Å². The molecule has 1 aromatic heterocycles. The van der Waals surface area contributed by atoms with Gasteiger partial charge in [-0.15, -0.1) is 12.4 Å². The molecule has 0 saturated carbocycles. The zero-order valence-corrected chi connectivity index (χ0v) is 16.3. The Morgan fingerprint density at radius 2 is 1.26 bits per heavy atom. The second-order valence-corrected chi connectivity index (χ2v) is 6.39. The van der Waals surface area contributed by atoms with Crippen molar-refractivity contribution in [2.75, 3.05) is 0 Å². The molecule has 0 saturated heterocycles. The molecule has 0 fully saturated rings. The van der Waals surface area contributed by atoms with Crippen molar-refractivity contribution in [3.8, 4) is 0 Å². The lowest BCUT2D eigenvalue weighted by Crippen LogP contribution is -1.92. The predicted octanol–water partition coefficient (Wildman–Crippen LogP) is 7.22. The first-order valence-corrected chi connectivity index (χ1v) is 9.25. The first-order chi connectivity index (χ1) is 10.3. The Bertz CT molecular complexity index is 355. The standard InChI is InChI=1S/C20H35N.ClH.H3N/c1-3-4-5-6-7-8-9-10-11-12-13-14-16-20-17-15-18-21-19(20)2;;/h15,17-18H,3-14,16H2,1-2H3;1H;1H3. The van der Waals surface area contributed by atoms with E-state index in [9.17, 15) is 0 Å². The zero-order chi connectivity index (χ0) is 15.2. The van der Waals surface area contributed by atoms with Crippen LogP contribution in [0.25, 0.3) is 0 Å². The third-order valence-electron chi connectivity index (χ3n) is 4.42. The van der Waals surface area contributed by atoms with Crippen LogP contribution in [0.3, 0.4) is 0 Å². The van der Waals surface area contributed by atoms with Crippen LogP contribution in [0.2, 0.25) is 0 Å². The van der Waals surface area contributed by atoms with Crippen LogP contribution in [0.1, 0.15) is 95.2 Å². The lowest BCUT2D eigenvalue weighted by Gasteiger charge is -2.05. The van der Waals surface area contributed by atoms with Gasteiger partial charge >= 0.3 is 0 Å². The molecule has 0 bridgehead atoms. The number of unbranched alkanes of at least 4 members (excludes halogenated alkanes) is 11. The molecule has 3 heteroatoms. The molecule has 1 aromatic rings. The number of halogens is 1. The average molecular weight is 343 g/mol. The number of nitrogens with zero attached hydrogens (tertiary/aromatic N) is 1. The summed E-state index contributed by atoms with van der Waals surface area (Å²) in [4.78, 5) is 4.35. The molecule has 3 N–H and O–H groups in total. The van der Waals surface area contributed by atoms with E-state index in [0.29, 0.717) is 0 Å². The highest BCUT2D eigenvalue weighted by atomic mass is 35.5. The SMILES string of the molecule is CCCCCCCCCCCCCCc1cccnc1C.Cl.N. The van der Waals surface area contributed by atoms with Crippen LogP contribution in [0, 0.1) is 6.92 Å². The Hall–Kier alpha value is -0.600. The molecule has 0 radical (unpaired) electrons. The van der Waals surface area contributed by atoms with Crippen molar-refractivity contribution in [3.63, 3.8) is 0 Å². The molecule has 0 spiro atoms. The maximum absolute atomic E-state index is 4.35. The number of rotatable bonds is 13. The van der Waals surface area contributed by atoms with Crippen molar-refractivity contribution in [3.05, 3.63) is 29.6 Å². The number of hydrogen-bond acceptors (Lipinski definition) is 2. The van der Waals surface area contributed by atoms with Crippen LogP contribution < -0.4 is 6.15 Å². The van der Waals surface area contributed by atoms with Crippen molar-refractivity contribution >= 4 is 12.4 Å². The quantitative estimate of drug-likeness (QED) is 0.384. The number of aromatic nitrogens is 1. The number of pyridine rings is 1. The molecule has 1 rings (SSSR count). The van der Waals surface area contributed by atoms with Crippen molar-refractivity contribution in [1.82, 2.24) is 11.1 Å².